The Bertz CT molecular complexity index is 605. The number of alkyl halides is 3. The Hall–Kier alpha value is -0.930. The van der Waals surface area contributed by atoms with Gasteiger partial charge in [0, 0.05) is 9.85 Å². The van der Waals surface area contributed by atoms with Crippen LogP contribution >= 0.6 is 38.6 Å². The number of aromatic nitrogens is 1. The van der Waals surface area contributed by atoms with Crippen molar-refractivity contribution < 1.29 is 23.1 Å². The van der Waals surface area contributed by atoms with Crippen LogP contribution in [0.25, 0.3) is 9.88 Å². The van der Waals surface area contributed by atoms with Crippen LogP contribution in [0.5, 0.6) is 0 Å². The summed E-state index contributed by atoms with van der Waals surface area (Å²) < 4.78 is 38.6. The maximum atomic E-state index is 12.6. The summed E-state index contributed by atoms with van der Waals surface area (Å²) in [6.45, 7) is 0. The highest BCUT2D eigenvalue weighted by molar-refractivity contribution is 9.10. The van der Waals surface area contributed by atoms with Gasteiger partial charge in [-0.15, -0.1) is 22.7 Å². The molecule has 9 heteroatoms. The molecule has 3 nitrogen and oxygen atoms in total. The summed E-state index contributed by atoms with van der Waals surface area (Å²) in [6.07, 6.45) is -4.77. The summed E-state index contributed by atoms with van der Waals surface area (Å²) in [6, 6.07) is 1.59. The normalized spacial score (nSPS) is 11.8. The lowest BCUT2D eigenvalue weighted by molar-refractivity contribution is -0.141. The highest BCUT2D eigenvalue weighted by Gasteiger charge is 2.39. The zero-order valence-corrected chi connectivity index (χ0v) is 11.5. The molecule has 2 aromatic heterocycles. The number of thiophene rings is 1. The average molecular weight is 358 g/mol. The molecule has 0 fully saturated rings. The van der Waals surface area contributed by atoms with E-state index in [0.717, 1.165) is 0 Å². The molecular weight excluding hydrogens is 355 g/mol. The van der Waals surface area contributed by atoms with E-state index in [1.165, 1.54) is 11.3 Å². The largest absolute Gasteiger partial charge is 0.477 e. The molecule has 0 aliphatic rings. The van der Waals surface area contributed by atoms with Crippen molar-refractivity contribution in [2.45, 2.75) is 6.18 Å². The number of halogens is 4. The molecule has 0 saturated carbocycles. The van der Waals surface area contributed by atoms with Gasteiger partial charge in [-0.1, -0.05) is 0 Å². The van der Waals surface area contributed by atoms with Crippen LogP contribution in [0.15, 0.2) is 15.9 Å². The standard InChI is InChI=1S/C9H3BrF3NO2S2/c10-3-1-4(17-2-3)7-14-6(9(11,12)13)5(18-7)8(15)16/h1-2H,(H,15,16). The number of hydrogen-bond donors (Lipinski definition) is 1. The number of thiazole rings is 1. The molecule has 0 unspecified atom stereocenters. The van der Waals surface area contributed by atoms with Crippen LogP contribution in [0.2, 0.25) is 0 Å². The number of nitrogens with zero attached hydrogens (tertiary/aromatic N) is 1. The maximum absolute atomic E-state index is 12.6. The summed E-state index contributed by atoms with van der Waals surface area (Å²) in [4.78, 5) is 13.9. The molecule has 0 atom stereocenters. The predicted octanol–water partition coefficient (Wildman–Crippen LogP) is 4.35. The topological polar surface area (TPSA) is 50.2 Å². The lowest BCUT2D eigenvalue weighted by atomic mass is 10.3. The molecule has 0 saturated heterocycles. The fourth-order valence-electron chi connectivity index (χ4n) is 1.19. The van der Waals surface area contributed by atoms with Crippen molar-refractivity contribution >= 4 is 44.6 Å². The first kappa shape index (κ1) is 13.5. The minimum Gasteiger partial charge on any atom is -0.477 e. The Morgan fingerprint density at radius 1 is 1.44 bits per heavy atom. The number of hydrogen-bond acceptors (Lipinski definition) is 4. The summed E-state index contributed by atoms with van der Waals surface area (Å²) in [5.41, 5.74) is -1.35. The molecule has 18 heavy (non-hydrogen) atoms. The molecule has 96 valence electrons. The van der Waals surface area contributed by atoms with Crippen molar-refractivity contribution in [1.29, 1.82) is 0 Å². The Morgan fingerprint density at radius 2 is 2.11 bits per heavy atom. The summed E-state index contributed by atoms with van der Waals surface area (Å²) >= 11 is 4.88. The molecule has 2 heterocycles. The van der Waals surface area contributed by atoms with Gasteiger partial charge in [0.15, 0.2) is 5.69 Å². The van der Waals surface area contributed by atoms with E-state index < -0.39 is 22.7 Å². The number of carboxylic acids is 1. The number of carboxylic acid groups (broad SMARTS) is 1. The van der Waals surface area contributed by atoms with Gasteiger partial charge in [0.1, 0.15) is 9.88 Å². The van der Waals surface area contributed by atoms with Crippen molar-refractivity contribution in [2.24, 2.45) is 0 Å². The van der Waals surface area contributed by atoms with Gasteiger partial charge in [0.25, 0.3) is 0 Å². The summed E-state index contributed by atoms with van der Waals surface area (Å²) in [5.74, 6) is -1.62. The molecule has 0 spiro atoms. The Labute approximate surface area is 115 Å². The summed E-state index contributed by atoms with van der Waals surface area (Å²) in [7, 11) is 0. The minimum atomic E-state index is -4.77. The molecule has 0 aliphatic heterocycles. The second kappa shape index (κ2) is 4.63. The van der Waals surface area contributed by atoms with E-state index in [2.05, 4.69) is 20.9 Å². The van der Waals surface area contributed by atoms with Gasteiger partial charge in [-0.3, -0.25) is 0 Å². The third-order valence-electron chi connectivity index (χ3n) is 1.87. The molecule has 0 radical (unpaired) electrons. The van der Waals surface area contributed by atoms with Crippen LogP contribution < -0.4 is 0 Å². The van der Waals surface area contributed by atoms with E-state index >= 15 is 0 Å². The van der Waals surface area contributed by atoms with Crippen molar-refractivity contribution in [3.05, 3.63) is 26.5 Å². The first-order valence-electron chi connectivity index (χ1n) is 4.34. The monoisotopic (exact) mass is 357 g/mol. The smallest absolute Gasteiger partial charge is 0.435 e. The van der Waals surface area contributed by atoms with Crippen molar-refractivity contribution in [1.82, 2.24) is 4.98 Å². The van der Waals surface area contributed by atoms with Gasteiger partial charge >= 0.3 is 12.1 Å². The lowest BCUT2D eigenvalue weighted by Gasteiger charge is -2.02. The molecule has 2 aromatic rings. The van der Waals surface area contributed by atoms with E-state index in [-0.39, 0.29) is 5.01 Å². The number of carbonyl (C=O) groups is 1. The fraction of sp³-hybridized carbons (Fsp3) is 0.111. The quantitative estimate of drug-likeness (QED) is 0.868. The van der Waals surface area contributed by atoms with E-state index in [1.54, 1.807) is 11.4 Å². The van der Waals surface area contributed by atoms with Crippen LogP contribution in [0, 0.1) is 0 Å². The first-order chi connectivity index (χ1) is 8.29. The van der Waals surface area contributed by atoms with Crippen molar-refractivity contribution in [3.8, 4) is 9.88 Å². The third kappa shape index (κ3) is 2.57. The van der Waals surface area contributed by atoms with Gasteiger partial charge in [-0.2, -0.15) is 13.2 Å². The van der Waals surface area contributed by atoms with Crippen LogP contribution in [-0.4, -0.2) is 16.1 Å². The average Bonchev–Trinajstić information content (AvgIpc) is 2.81. The van der Waals surface area contributed by atoms with E-state index in [1.807, 2.05) is 0 Å². The molecule has 0 aromatic carbocycles. The van der Waals surface area contributed by atoms with Crippen LogP contribution in [-0.2, 0) is 6.18 Å². The van der Waals surface area contributed by atoms with Crippen molar-refractivity contribution in [3.63, 3.8) is 0 Å². The zero-order chi connectivity index (χ0) is 13.5. The van der Waals surface area contributed by atoms with Gasteiger partial charge in [-0.05, 0) is 22.0 Å². The first-order valence-corrected chi connectivity index (χ1v) is 6.83. The predicted molar refractivity (Wildman–Crippen MR) is 65.1 cm³/mol. The Morgan fingerprint density at radius 3 is 2.50 bits per heavy atom. The molecule has 2 rings (SSSR count). The fourth-order valence-corrected chi connectivity index (χ4v) is 3.60. The van der Waals surface area contributed by atoms with Crippen LogP contribution in [0.1, 0.15) is 15.4 Å². The maximum Gasteiger partial charge on any atom is 0.435 e. The molecule has 0 amide bonds. The van der Waals surface area contributed by atoms with Gasteiger partial charge in [0.2, 0.25) is 0 Å². The molecular formula is C9H3BrF3NO2S2. The Kier molecular flexibility index (Phi) is 3.47. The zero-order valence-electron chi connectivity index (χ0n) is 8.29. The summed E-state index contributed by atoms with van der Waals surface area (Å²) in [5, 5.41) is 10.5. The van der Waals surface area contributed by atoms with Gasteiger partial charge in [0.05, 0.1) is 4.88 Å². The highest BCUT2D eigenvalue weighted by atomic mass is 79.9. The second-order valence-corrected chi connectivity index (χ2v) is 5.95. The van der Waals surface area contributed by atoms with E-state index in [0.29, 0.717) is 20.7 Å². The minimum absolute atomic E-state index is 0.0513. The highest BCUT2D eigenvalue weighted by Crippen LogP contribution is 2.39. The van der Waals surface area contributed by atoms with Crippen LogP contribution in [0.3, 0.4) is 0 Å². The number of aromatic carboxylic acids is 1. The Balaban J connectivity index is 2.56. The van der Waals surface area contributed by atoms with Gasteiger partial charge < -0.3 is 5.11 Å². The third-order valence-corrected chi connectivity index (χ3v) is 4.77. The SMILES string of the molecule is O=C(O)c1sc(-c2cc(Br)cs2)nc1C(F)(F)F. The van der Waals surface area contributed by atoms with E-state index in [4.69, 9.17) is 5.11 Å². The molecule has 0 aliphatic carbocycles. The van der Waals surface area contributed by atoms with Crippen LogP contribution in [0.4, 0.5) is 13.2 Å². The lowest BCUT2D eigenvalue weighted by Crippen LogP contribution is -2.11. The van der Waals surface area contributed by atoms with Gasteiger partial charge in [-0.25, -0.2) is 9.78 Å². The molecule has 1 N–H and O–H groups in total. The van der Waals surface area contributed by atoms with Crippen molar-refractivity contribution in [2.75, 3.05) is 0 Å². The molecule has 0 bridgehead atoms. The van der Waals surface area contributed by atoms with E-state index in [9.17, 15) is 18.0 Å². The number of rotatable bonds is 2. The second-order valence-electron chi connectivity index (χ2n) is 3.13.